The lowest BCUT2D eigenvalue weighted by atomic mass is 10.1. The van der Waals surface area contributed by atoms with Crippen LogP contribution in [0.3, 0.4) is 0 Å². The summed E-state index contributed by atoms with van der Waals surface area (Å²) in [7, 11) is 4.05. The Labute approximate surface area is 122 Å². The Morgan fingerprint density at radius 2 is 1.90 bits per heavy atom. The van der Waals surface area contributed by atoms with Crippen molar-refractivity contribution in [2.24, 2.45) is 0 Å². The molecule has 0 fully saturated rings. The van der Waals surface area contributed by atoms with Crippen LogP contribution in [0.1, 0.15) is 0 Å². The molecule has 0 N–H and O–H groups in total. The second-order valence-corrected chi connectivity index (χ2v) is 5.23. The summed E-state index contributed by atoms with van der Waals surface area (Å²) in [5, 5.41) is 1.45. The molecule has 20 heavy (non-hydrogen) atoms. The van der Waals surface area contributed by atoms with Crippen molar-refractivity contribution in [3.8, 4) is 11.3 Å². The molecule has 3 rings (SSSR count). The molecule has 3 nitrogen and oxygen atoms in total. The topological polar surface area (TPSA) is 29.0 Å². The summed E-state index contributed by atoms with van der Waals surface area (Å²) in [6, 6.07) is 14.1. The second-order valence-electron chi connectivity index (χ2n) is 4.84. The van der Waals surface area contributed by atoms with Gasteiger partial charge in [0, 0.05) is 43.0 Å². The number of rotatable bonds is 2. The zero-order chi connectivity index (χ0) is 14.1. The third kappa shape index (κ3) is 2.45. The number of halogens is 1. The Morgan fingerprint density at radius 1 is 1.05 bits per heavy atom. The van der Waals surface area contributed by atoms with Crippen LogP contribution in [0.4, 0.5) is 5.69 Å². The average molecular weight is 284 g/mol. The fraction of sp³-hybridized carbons (Fsp3) is 0.125. The highest BCUT2D eigenvalue weighted by Gasteiger charge is 2.04. The van der Waals surface area contributed by atoms with E-state index in [9.17, 15) is 0 Å². The second kappa shape index (κ2) is 5.10. The summed E-state index contributed by atoms with van der Waals surface area (Å²) in [5.41, 5.74) is 4.03. The van der Waals surface area contributed by atoms with Crippen LogP contribution in [-0.2, 0) is 0 Å². The van der Waals surface area contributed by atoms with Crippen LogP contribution in [-0.4, -0.2) is 24.1 Å². The van der Waals surface area contributed by atoms with Crippen molar-refractivity contribution in [3.63, 3.8) is 0 Å². The van der Waals surface area contributed by atoms with Crippen LogP contribution in [0.25, 0.3) is 22.2 Å². The number of hydrogen-bond acceptors (Lipinski definition) is 3. The van der Waals surface area contributed by atoms with E-state index in [4.69, 9.17) is 11.6 Å². The van der Waals surface area contributed by atoms with Crippen molar-refractivity contribution < 1.29 is 0 Å². The summed E-state index contributed by atoms with van der Waals surface area (Å²) in [6.07, 6.45) is 1.74. The normalized spacial score (nSPS) is 10.8. The summed E-state index contributed by atoms with van der Waals surface area (Å²) in [4.78, 5) is 10.8. The van der Waals surface area contributed by atoms with Gasteiger partial charge in [0.25, 0.3) is 0 Å². The van der Waals surface area contributed by atoms with E-state index in [1.807, 2.05) is 32.3 Å². The van der Waals surface area contributed by atoms with Gasteiger partial charge < -0.3 is 4.90 Å². The number of benzene rings is 1. The third-order valence-corrected chi connectivity index (χ3v) is 3.41. The van der Waals surface area contributed by atoms with Gasteiger partial charge in [-0.3, -0.25) is 0 Å². The Balaban J connectivity index is 2.12. The van der Waals surface area contributed by atoms with Gasteiger partial charge in [0.1, 0.15) is 5.15 Å². The number of fused-ring (bicyclic) bond motifs is 1. The molecule has 0 unspecified atom stereocenters. The smallest absolute Gasteiger partial charge is 0.131 e. The standard InChI is InChI=1S/C16H14ClN3/c1-20(2)13-5-3-4-11(8-13)14-7-6-12-10-18-16(17)9-15(12)19-14/h3-10H,1-2H3. The molecule has 0 aliphatic heterocycles. The summed E-state index contributed by atoms with van der Waals surface area (Å²) >= 11 is 5.93. The molecule has 0 aliphatic rings. The van der Waals surface area contributed by atoms with E-state index in [0.717, 1.165) is 27.8 Å². The molecule has 3 aromatic rings. The van der Waals surface area contributed by atoms with Gasteiger partial charge in [-0.05, 0) is 24.3 Å². The van der Waals surface area contributed by atoms with Gasteiger partial charge in [-0.2, -0.15) is 0 Å². The summed E-state index contributed by atoms with van der Waals surface area (Å²) in [6.45, 7) is 0. The van der Waals surface area contributed by atoms with E-state index < -0.39 is 0 Å². The monoisotopic (exact) mass is 283 g/mol. The maximum absolute atomic E-state index is 5.93. The molecule has 2 heterocycles. The van der Waals surface area contributed by atoms with Gasteiger partial charge in [0.15, 0.2) is 0 Å². The molecule has 0 aliphatic carbocycles. The zero-order valence-corrected chi connectivity index (χ0v) is 12.1. The Bertz CT molecular complexity index is 769. The van der Waals surface area contributed by atoms with Gasteiger partial charge >= 0.3 is 0 Å². The van der Waals surface area contributed by atoms with Crippen molar-refractivity contribution in [2.45, 2.75) is 0 Å². The van der Waals surface area contributed by atoms with Gasteiger partial charge in [-0.15, -0.1) is 0 Å². The predicted octanol–water partition coefficient (Wildman–Crippen LogP) is 4.02. The molecule has 0 saturated heterocycles. The molecule has 0 amide bonds. The van der Waals surface area contributed by atoms with E-state index in [2.05, 4.69) is 33.1 Å². The van der Waals surface area contributed by atoms with Crippen LogP contribution < -0.4 is 4.90 Å². The highest BCUT2D eigenvalue weighted by Crippen LogP contribution is 2.25. The van der Waals surface area contributed by atoms with Crippen LogP contribution in [0.5, 0.6) is 0 Å². The van der Waals surface area contributed by atoms with Crippen molar-refractivity contribution in [1.29, 1.82) is 0 Å². The van der Waals surface area contributed by atoms with Crippen LogP contribution in [0.15, 0.2) is 48.7 Å². The van der Waals surface area contributed by atoms with E-state index in [-0.39, 0.29) is 0 Å². The first-order chi connectivity index (χ1) is 9.63. The molecule has 1 aromatic carbocycles. The van der Waals surface area contributed by atoms with E-state index in [1.54, 1.807) is 12.3 Å². The van der Waals surface area contributed by atoms with Gasteiger partial charge in [0.05, 0.1) is 11.2 Å². The molecule has 4 heteroatoms. The molecule has 0 radical (unpaired) electrons. The van der Waals surface area contributed by atoms with Crippen molar-refractivity contribution in [1.82, 2.24) is 9.97 Å². The minimum atomic E-state index is 0.462. The fourth-order valence-corrected chi connectivity index (χ4v) is 2.25. The number of pyridine rings is 2. The molecular formula is C16H14ClN3. The molecule has 2 aromatic heterocycles. The van der Waals surface area contributed by atoms with Crippen molar-refractivity contribution in [2.75, 3.05) is 19.0 Å². The number of hydrogen-bond donors (Lipinski definition) is 0. The maximum atomic E-state index is 5.93. The lowest BCUT2D eigenvalue weighted by Gasteiger charge is -2.13. The first-order valence-corrected chi connectivity index (χ1v) is 6.71. The fourth-order valence-electron chi connectivity index (χ4n) is 2.10. The molecule has 0 saturated carbocycles. The van der Waals surface area contributed by atoms with Crippen LogP contribution in [0, 0.1) is 0 Å². The zero-order valence-electron chi connectivity index (χ0n) is 11.3. The minimum Gasteiger partial charge on any atom is -0.378 e. The largest absolute Gasteiger partial charge is 0.378 e. The van der Waals surface area contributed by atoms with Crippen molar-refractivity contribution >= 4 is 28.2 Å². The van der Waals surface area contributed by atoms with E-state index in [0.29, 0.717) is 5.15 Å². The first-order valence-electron chi connectivity index (χ1n) is 6.33. The average Bonchev–Trinajstić information content (AvgIpc) is 2.46. The first kappa shape index (κ1) is 12.9. The van der Waals surface area contributed by atoms with Crippen LogP contribution in [0.2, 0.25) is 5.15 Å². The Kier molecular flexibility index (Phi) is 3.28. The third-order valence-electron chi connectivity index (χ3n) is 3.20. The van der Waals surface area contributed by atoms with Gasteiger partial charge in [-0.1, -0.05) is 23.7 Å². The molecule has 0 spiro atoms. The minimum absolute atomic E-state index is 0.462. The molecule has 0 atom stereocenters. The molecule has 100 valence electrons. The number of anilines is 1. The summed E-state index contributed by atoms with van der Waals surface area (Å²) in [5.74, 6) is 0. The quantitative estimate of drug-likeness (QED) is 0.665. The lowest BCUT2D eigenvalue weighted by Crippen LogP contribution is -2.08. The van der Waals surface area contributed by atoms with Crippen molar-refractivity contribution in [3.05, 3.63) is 53.8 Å². The molecular weight excluding hydrogens is 270 g/mol. The molecule has 0 bridgehead atoms. The Hall–Kier alpha value is -2.13. The SMILES string of the molecule is CN(C)c1cccc(-c2ccc3cnc(Cl)cc3n2)c1. The van der Waals surface area contributed by atoms with E-state index in [1.165, 1.54) is 0 Å². The maximum Gasteiger partial charge on any atom is 0.131 e. The highest BCUT2D eigenvalue weighted by molar-refractivity contribution is 6.30. The lowest BCUT2D eigenvalue weighted by molar-refractivity contribution is 1.13. The Morgan fingerprint density at radius 3 is 2.70 bits per heavy atom. The van der Waals surface area contributed by atoms with Crippen LogP contribution >= 0.6 is 11.6 Å². The predicted molar refractivity (Wildman–Crippen MR) is 84.3 cm³/mol. The van der Waals surface area contributed by atoms with Gasteiger partial charge in [0.2, 0.25) is 0 Å². The van der Waals surface area contributed by atoms with E-state index >= 15 is 0 Å². The highest BCUT2D eigenvalue weighted by atomic mass is 35.5. The summed E-state index contributed by atoms with van der Waals surface area (Å²) < 4.78 is 0. The number of nitrogens with zero attached hydrogens (tertiary/aromatic N) is 3. The van der Waals surface area contributed by atoms with Gasteiger partial charge in [-0.25, -0.2) is 9.97 Å². The number of aromatic nitrogens is 2.